The van der Waals surface area contributed by atoms with E-state index in [1.54, 1.807) is 30.8 Å². The summed E-state index contributed by atoms with van der Waals surface area (Å²) in [4.78, 5) is 22.7. The summed E-state index contributed by atoms with van der Waals surface area (Å²) >= 11 is 0. The normalized spacial score (nSPS) is 11.9. The van der Waals surface area contributed by atoms with Crippen LogP contribution >= 0.6 is 0 Å². The molecule has 1 N–H and O–H groups in total. The van der Waals surface area contributed by atoms with Gasteiger partial charge in [-0.2, -0.15) is 5.10 Å². The topological polar surface area (TPSA) is 85.8 Å². The van der Waals surface area contributed by atoms with Gasteiger partial charge in [-0.1, -0.05) is 23.8 Å². The molecule has 0 saturated carbocycles. The van der Waals surface area contributed by atoms with Gasteiger partial charge in [0, 0.05) is 24.4 Å². The molecule has 0 atom stereocenters. The van der Waals surface area contributed by atoms with Crippen molar-refractivity contribution in [1.29, 1.82) is 0 Å². The molecule has 0 saturated heterocycles. The van der Waals surface area contributed by atoms with E-state index in [1.165, 1.54) is 16.5 Å². The molecule has 0 amide bonds. The maximum atomic E-state index is 13.3. The Labute approximate surface area is 174 Å². The number of aliphatic hydroxyl groups is 1. The molecule has 1 aromatic carbocycles. The number of fused-ring (bicyclic) bond motifs is 1. The zero-order valence-electron chi connectivity index (χ0n) is 17.8. The van der Waals surface area contributed by atoms with Gasteiger partial charge in [-0.05, 0) is 39.3 Å². The first-order valence-electron chi connectivity index (χ1n) is 9.81. The lowest BCUT2D eigenvalue weighted by atomic mass is 10.0. The van der Waals surface area contributed by atoms with E-state index in [4.69, 9.17) is 4.98 Å². The van der Waals surface area contributed by atoms with Crippen LogP contribution in [0.5, 0.6) is 0 Å². The number of hydrogen-bond acceptors (Lipinski definition) is 5. The molecule has 7 heteroatoms. The fourth-order valence-corrected chi connectivity index (χ4v) is 3.68. The monoisotopic (exact) mass is 403 g/mol. The lowest BCUT2D eigenvalue weighted by Crippen LogP contribution is -2.33. The molecule has 4 rings (SSSR count). The minimum absolute atomic E-state index is 0.151. The van der Waals surface area contributed by atoms with Crippen LogP contribution in [0.25, 0.3) is 33.4 Å². The van der Waals surface area contributed by atoms with Crippen molar-refractivity contribution < 1.29 is 5.11 Å². The molecule has 0 aliphatic heterocycles. The summed E-state index contributed by atoms with van der Waals surface area (Å²) in [5, 5.41) is 14.9. The highest BCUT2D eigenvalue weighted by atomic mass is 16.3. The van der Waals surface area contributed by atoms with Gasteiger partial charge >= 0.3 is 0 Å². The fourth-order valence-electron chi connectivity index (χ4n) is 3.68. The maximum Gasteiger partial charge on any atom is 0.261 e. The van der Waals surface area contributed by atoms with Crippen LogP contribution in [0.4, 0.5) is 0 Å². The highest BCUT2D eigenvalue weighted by Crippen LogP contribution is 2.30. The molecule has 7 nitrogen and oxygen atoms in total. The number of rotatable bonds is 4. The van der Waals surface area contributed by atoms with Gasteiger partial charge < -0.3 is 5.11 Å². The Kier molecular flexibility index (Phi) is 4.78. The Morgan fingerprint density at radius 2 is 1.93 bits per heavy atom. The van der Waals surface area contributed by atoms with Crippen LogP contribution in [0.15, 0.2) is 47.8 Å². The number of hydrogen-bond donors (Lipinski definition) is 1. The van der Waals surface area contributed by atoms with Gasteiger partial charge in [-0.15, -0.1) is 0 Å². The Balaban J connectivity index is 2.03. The quantitative estimate of drug-likeness (QED) is 0.565. The predicted octanol–water partition coefficient (Wildman–Crippen LogP) is 3.25. The van der Waals surface area contributed by atoms with E-state index in [1.807, 2.05) is 39.2 Å². The molecule has 0 unspecified atom stereocenters. The zero-order valence-corrected chi connectivity index (χ0v) is 17.8. The summed E-state index contributed by atoms with van der Waals surface area (Å²) in [6.45, 7) is 7.56. The third-order valence-corrected chi connectivity index (χ3v) is 5.00. The SMILES string of the molecule is Cc1ccc(-c2cc3c(=O)n(CC(C)(C)O)cnc3c(-c3cnn(C)c3)n2)c(C)c1. The molecule has 0 spiro atoms. The van der Waals surface area contributed by atoms with Gasteiger partial charge in [0.2, 0.25) is 0 Å². The number of pyridine rings is 1. The second-order valence-corrected chi connectivity index (χ2v) is 8.46. The highest BCUT2D eigenvalue weighted by molar-refractivity contribution is 5.93. The van der Waals surface area contributed by atoms with E-state index < -0.39 is 5.60 Å². The minimum atomic E-state index is -1.03. The Morgan fingerprint density at radius 1 is 1.17 bits per heavy atom. The molecular weight excluding hydrogens is 378 g/mol. The third-order valence-electron chi connectivity index (χ3n) is 5.00. The minimum Gasteiger partial charge on any atom is -0.389 e. The summed E-state index contributed by atoms with van der Waals surface area (Å²) in [5.41, 5.74) is 4.61. The van der Waals surface area contributed by atoms with E-state index in [2.05, 4.69) is 16.1 Å². The van der Waals surface area contributed by atoms with Crippen LogP contribution in [0.1, 0.15) is 25.0 Å². The van der Waals surface area contributed by atoms with E-state index in [0.717, 1.165) is 16.7 Å². The Hall–Kier alpha value is -3.32. The molecule has 0 aliphatic rings. The second-order valence-electron chi connectivity index (χ2n) is 8.46. The molecule has 3 aromatic heterocycles. The van der Waals surface area contributed by atoms with Crippen molar-refractivity contribution in [2.75, 3.05) is 0 Å². The highest BCUT2D eigenvalue weighted by Gasteiger charge is 2.19. The van der Waals surface area contributed by atoms with Crippen molar-refractivity contribution in [1.82, 2.24) is 24.3 Å². The van der Waals surface area contributed by atoms with Crippen LogP contribution in [0.3, 0.4) is 0 Å². The molecule has 0 bridgehead atoms. The summed E-state index contributed by atoms with van der Waals surface area (Å²) in [6, 6.07) is 7.95. The molecule has 4 aromatic rings. The standard InChI is InChI=1S/C23H25N5O2/c1-14-6-7-17(15(2)8-14)19-9-18-21(20(26-19)16-10-25-27(5)11-16)24-13-28(22(18)29)12-23(3,4)30/h6-11,13,30H,12H2,1-5H3. The van der Waals surface area contributed by atoms with Crippen LogP contribution in [-0.2, 0) is 13.6 Å². The van der Waals surface area contributed by atoms with Crippen LogP contribution in [0, 0.1) is 13.8 Å². The third kappa shape index (κ3) is 3.76. The van der Waals surface area contributed by atoms with Gasteiger partial charge in [0.1, 0.15) is 11.2 Å². The van der Waals surface area contributed by atoms with Gasteiger partial charge in [0.25, 0.3) is 5.56 Å². The Bertz CT molecular complexity index is 1310. The van der Waals surface area contributed by atoms with Gasteiger partial charge in [-0.25, -0.2) is 9.97 Å². The fraction of sp³-hybridized carbons (Fsp3) is 0.304. The summed E-state index contributed by atoms with van der Waals surface area (Å²) in [5.74, 6) is 0. The van der Waals surface area contributed by atoms with Crippen LogP contribution in [0.2, 0.25) is 0 Å². The van der Waals surface area contributed by atoms with Gasteiger partial charge in [0.05, 0.1) is 35.8 Å². The lowest BCUT2D eigenvalue weighted by molar-refractivity contribution is 0.0603. The molecule has 3 heterocycles. The number of nitrogens with zero attached hydrogens (tertiary/aromatic N) is 5. The molecule has 0 radical (unpaired) electrons. The van der Waals surface area contributed by atoms with E-state index in [-0.39, 0.29) is 12.1 Å². The molecule has 0 fully saturated rings. The first kappa shape index (κ1) is 20.0. The predicted molar refractivity (Wildman–Crippen MR) is 117 cm³/mol. The summed E-state index contributed by atoms with van der Waals surface area (Å²) in [6.07, 6.45) is 5.05. The lowest BCUT2D eigenvalue weighted by Gasteiger charge is -2.19. The van der Waals surface area contributed by atoms with Crippen LogP contribution in [-0.4, -0.2) is 35.0 Å². The first-order valence-corrected chi connectivity index (χ1v) is 9.81. The maximum absolute atomic E-state index is 13.3. The molecule has 154 valence electrons. The molecule has 0 aliphatic carbocycles. The van der Waals surface area contributed by atoms with Crippen molar-refractivity contribution in [3.8, 4) is 22.5 Å². The largest absolute Gasteiger partial charge is 0.389 e. The Morgan fingerprint density at radius 3 is 2.57 bits per heavy atom. The summed E-state index contributed by atoms with van der Waals surface area (Å²) < 4.78 is 3.14. The smallest absolute Gasteiger partial charge is 0.261 e. The second kappa shape index (κ2) is 7.18. The summed E-state index contributed by atoms with van der Waals surface area (Å²) in [7, 11) is 1.84. The van der Waals surface area contributed by atoms with E-state index in [9.17, 15) is 9.90 Å². The zero-order chi connectivity index (χ0) is 21.6. The number of aromatic nitrogens is 5. The average Bonchev–Trinajstić information content (AvgIpc) is 3.09. The van der Waals surface area contributed by atoms with Crippen molar-refractivity contribution in [3.05, 3.63) is 64.5 Å². The molecular formula is C23H25N5O2. The average molecular weight is 403 g/mol. The van der Waals surface area contributed by atoms with Crippen molar-refractivity contribution in [2.45, 2.75) is 39.8 Å². The molecule has 30 heavy (non-hydrogen) atoms. The van der Waals surface area contributed by atoms with Gasteiger partial charge in [-0.3, -0.25) is 14.0 Å². The van der Waals surface area contributed by atoms with E-state index >= 15 is 0 Å². The van der Waals surface area contributed by atoms with E-state index in [0.29, 0.717) is 22.3 Å². The van der Waals surface area contributed by atoms with Crippen molar-refractivity contribution in [3.63, 3.8) is 0 Å². The van der Waals surface area contributed by atoms with Crippen molar-refractivity contribution in [2.24, 2.45) is 7.05 Å². The van der Waals surface area contributed by atoms with Crippen LogP contribution < -0.4 is 5.56 Å². The van der Waals surface area contributed by atoms with Gasteiger partial charge in [0.15, 0.2) is 0 Å². The number of aryl methyl sites for hydroxylation is 3. The van der Waals surface area contributed by atoms with Crippen molar-refractivity contribution >= 4 is 10.9 Å². The number of benzene rings is 1. The first-order chi connectivity index (χ1) is 14.1.